The van der Waals surface area contributed by atoms with Crippen LogP contribution < -0.4 is 26.0 Å². The molecule has 4 N–H and O–H groups in total. The molecule has 5 aromatic carbocycles. The van der Waals surface area contributed by atoms with Gasteiger partial charge in [0, 0.05) is 35.2 Å². The predicted octanol–water partition coefficient (Wildman–Crippen LogP) is 7.51. The molecular formula is C48H42N4O11. The van der Waals surface area contributed by atoms with Crippen LogP contribution in [0.5, 0.6) is 11.5 Å². The van der Waals surface area contributed by atoms with E-state index < -0.39 is 54.4 Å². The Morgan fingerprint density at radius 1 is 0.476 bits per heavy atom. The molecule has 0 unspecified atom stereocenters. The van der Waals surface area contributed by atoms with Crippen molar-refractivity contribution in [1.29, 1.82) is 0 Å². The van der Waals surface area contributed by atoms with Crippen molar-refractivity contribution >= 4 is 64.2 Å². The third kappa shape index (κ3) is 12.3. The fourth-order valence-corrected chi connectivity index (χ4v) is 5.49. The van der Waals surface area contributed by atoms with E-state index in [1.807, 2.05) is 19.1 Å². The van der Waals surface area contributed by atoms with Crippen molar-refractivity contribution in [2.75, 3.05) is 36.2 Å². The van der Waals surface area contributed by atoms with Crippen LogP contribution in [0.1, 0.15) is 81.6 Å². The molecule has 0 atom stereocenters. The minimum absolute atomic E-state index is 0.0219. The number of esters is 2. The first kappa shape index (κ1) is 45.6. The number of anilines is 3. The number of hydrogen-bond donors (Lipinski definition) is 4. The van der Waals surface area contributed by atoms with Crippen molar-refractivity contribution in [3.8, 4) is 11.5 Å². The van der Waals surface area contributed by atoms with Crippen molar-refractivity contribution in [2.45, 2.75) is 20.8 Å². The van der Waals surface area contributed by atoms with Gasteiger partial charge in [-0.1, -0.05) is 30.9 Å². The van der Waals surface area contributed by atoms with E-state index in [-0.39, 0.29) is 62.1 Å². The molecule has 0 radical (unpaired) electrons. The molecule has 63 heavy (non-hydrogen) atoms. The summed E-state index contributed by atoms with van der Waals surface area (Å²) in [6.07, 6.45) is 0. The maximum atomic E-state index is 13.8. The number of ether oxygens (including phenoxy) is 3. The molecule has 0 bridgehead atoms. The number of amides is 4. The van der Waals surface area contributed by atoms with E-state index in [0.29, 0.717) is 16.9 Å². The zero-order valence-corrected chi connectivity index (χ0v) is 34.7. The summed E-state index contributed by atoms with van der Waals surface area (Å²) >= 11 is 0. The summed E-state index contributed by atoms with van der Waals surface area (Å²) in [5.41, 5.74) is 2.64. The number of carbonyl (C=O) groups excluding carboxylic acids is 8. The average molecular weight is 851 g/mol. The Balaban J connectivity index is 1.31. The van der Waals surface area contributed by atoms with E-state index in [4.69, 9.17) is 14.2 Å². The molecule has 0 aliphatic carbocycles. The molecule has 0 aliphatic rings. The van der Waals surface area contributed by atoms with Crippen molar-refractivity contribution < 1.29 is 52.6 Å². The minimum Gasteiger partial charge on any atom is -0.457 e. The van der Waals surface area contributed by atoms with E-state index >= 15 is 0 Å². The maximum Gasteiger partial charge on any atom is 0.339 e. The van der Waals surface area contributed by atoms with E-state index in [1.54, 1.807) is 36.4 Å². The first-order valence-corrected chi connectivity index (χ1v) is 19.1. The number of hydrogen-bond acceptors (Lipinski definition) is 11. The summed E-state index contributed by atoms with van der Waals surface area (Å²) in [5, 5.41) is 10.7. The highest BCUT2D eigenvalue weighted by molar-refractivity contribution is 6.12. The lowest BCUT2D eigenvalue weighted by Gasteiger charge is -2.14. The summed E-state index contributed by atoms with van der Waals surface area (Å²) in [6, 6.07) is 27.3. The van der Waals surface area contributed by atoms with Crippen LogP contribution in [0, 0.1) is 6.92 Å². The molecule has 320 valence electrons. The van der Waals surface area contributed by atoms with Gasteiger partial charge in [0.05, 0.1) is 22.3 Å². The van der Waals surface area contributed by atoms with E-state index in [2.05, 4.69) is 34.4 Å². The van der Waals surface area contributed by atoms with E-state index in [1.165, 1.54) is 81.6 Å². The summed E-state index contributed by atoms with van der Waals surface area (Å²) in [5.74, 6) is -5.08. The van der Waals surface area contributed by atoms with Gasteiger partial charge in [-0.05, 0) is 129 Å². The Morgan fingerprint density at radius 3 is 1.24 bits per heavy atom. The highest BCUT2D eigenvalue weighted by Gasteiger charge is 2.23. The number of carbonyl (C=O) groups is 8. The molecule has 0 spiro atoms. The second kappa shape index (κ2) is 20.7. The molecule has 0 saturated carbocycles. The number of aryl methyl sites for hydroxylation is 1. The molecular weight excluding hydrogens is 809 g/mol. The number of benzene rings is 5. The third-order valence-electron chi connectivity index (χ3n) is 9.11. The van der Waals surface area contributed by atoms with Gasteiger partial charge in [0.25, 0.3) is 23.6 Å². The number of ketones is 2. The van der Waals surface area contributed by atoms with Crippen LogP contribution in [-0.4, -0.2) is 67.4 Å². The predicted molar refractivity (Wildman–Crippen MR) is 234 cm³/mol. The standard InChI is InChI=1S/C48H42N4O11/c1-27(2)41(53)25-61-47(59)37-21-19-35(23-39(37)45(57)49-6)63-36-20-22-38(48(60)62-26-42(54)28(3)4)40(24-36)46(58)52-32-13-11-31(12-14-32)44(56)51-34-17-15-33(16-18-34)50-43(55)30-9-7-29(5)8-10-30/h7-24H,1,3,25-26H2,2,4-6H3,(H,49,57)(H,50,55)(H,51,56)(H,52,58). The van der Waals surface area contributed by atoms with Crippen LogP contribution in [0.15, 0.2) is 133 Å². The maximum absolute atomic E-state index is 13.8. The Kier molecular flexibility index (Phi) is 15.0. The normalized spacial score (nSPS) is 10.3. The number of Topliss-reactive ketones (excluding diaryl/α,β-unsaturated/α-hetero) is 2. The van der Waals surface area contributed by atoms with Crippen molar-refractivity contribution in [2.24, 2.45) is 0 Å². The molecule has 5 aromatic rings. The lowest BCUT2D eigenvalue weighted by atomic mass is 10.1. The second-order valence-corrected chi connectivity index (χ2v) is 14.0. The van der Waals surface area contributed by atoms with Gasteiger partial charge in [-0.2, -0.15) is 0 Å². The van der Waals surface area contributed by atoms with Crippen molar-refractivity contribution in [3.05, 3.63) is 172 Å². The molecule has 0 fully saturated rings. The summed E-state index contributed by atoms with van der Waals surface area (Å²) in [6.45, 7) is 10.7. The second-order valence-electron chi connectivity index (χ2n) is 14.0. The molecule has 0 aliphatic heterocycles. The van der Waals surface area contributed by atoms with Crippen LogP contribution in [-0.2, 0) is 19.1 Å². The fourth-order valence-electron chi connectivity index (χ4n) is 5.49. The van der Waals surface area contributed by atoms with Gasteiger partial charge < -0.3 is 35.5 Å². The Hall–Kier alpha value is -8.46. The molecule has 5 rings (SSSR count). The van der Waals surface area contributed by atoms with Gasteiger partial charge in [0.1, 0.15) is 11.5 Å². The Bertz CT molecular complexity index is 2650. The van der Waals surface area contributed by atoms with Gasteiger partial charge in [-0.3, -0.25) is 28.8 Å². The zero-order chi connectivity index (χ0) is 45.8. The third-order valence-corrected chi connectivity index (χ3v) is 9.11. The molecule has 0 heterocycles. The molecule has 0 aromatic heterocycles. The van der Waals surface area contributed by atoms with Crippen LogP contribution in [0.3, 0.4) is 0 Å². The smallest absolute Gasteiger partial charge is 0.339 e. The van der Waals surface area contributed by atoms with Crippen LogP contribution in [0.2, 0.25) is 0 Å². The van der Waals surface area contributed by atoms with Gasteiger partial charge in [0.2, 0.25) is 0 Å². The number of nitrogens with one attached hydrogen (secondary N) is 4. The van der Waals surface area contributed by atoms with Crippen LogP contribution in [0.4, 0.5) is 17.1 Å². The number of rotatable bonds is 17. The molecule has 4 amide bonds. The van der Waals surface area contributed by atoms with Gasteiger partial charge in [-0.15, -0.1) is 0 Å². The zero-order valence-electron chi connectivity index (χ0n) is 34.7. The van der Waals surface area contributed by atoms with E-state index in [0.717, 1.165) is 5.56 Å². The SMILES string of the molecule is C=C(C)C(=O)COC(=O)c1ccc(Oc2ccc(C(=O)OCC(=O)C(=C)C)c(C(=O)Nc3ccc(C(=O)Nc4ccc(NC(=O)c5ccc(C)cc5)cc4)cc3)c2)cc1C(=O)NC. The quantitative estimate of drug-likeness (QED) is 0.0531. The highest BCUT2D eigenvalue weighted by atomic mass is 16.5. The van der Waals surface area contributed by atoms with Gasteiger partial charge in [-0.25, -0.2) is 9.59 Å². The molecule has 15 heteroatoms. The average Bonchev–Trinajstić information content (AvgIpc) is 3.27. The molecule has 15 nitrogen and oxygen atoms in total. The first-order valence-electron chi connectivity index (χ1n) is 19.1. The topological polar surface area (TPSA) is 212 Å². The van der Waals surface area contributed by atoms with Crippen LogP contribution in [0.25, 0.3) is 0 Å². The lowest BCUT2D eigenvalue weighted by Crippen LogP contribution is -2.23. The van der Waals surface area contributed by atoms with Gasteiger partial charge >= 0.3 is 11.9 Å². The van der Waals surface area contributed by atoms with Crippen LogP contribution >= 0.6 is 0 Å². The Morgan fingerprint density at radius 2 is 0.841 bits per heavy atom. The summed E-state index contributed by atoms with van der Waals surface area (Å²) in [7, 11) is 1.35. The Labute approximate surface area is 362 Å². The van der Waals surface area contributed by atoms with E-state index in [9.17, 15) is 38.4 Å². The van der Waals surface area contributed by atoms with Crippen molar-refractivity contribution in [1.82, 2.24) is 5.32 Å². The lowest BCUT2D eigenvalue weighted by molar-refractivity contribution is -0.119. The monoisotopic (exact) mass is 850 g/mol. The first-order chi connectivity index (χ1) is 30.0. The minimum atomic E-state index is -0.995. The summed E-state index contributed by atoms with van der Waals surface area (Å²) < 4.78 is 16.2. The van der Waals surface area contributed by atoms with Gasteiger partial charge in [0.15, 0.2) is 24.8 Å². The van der Waals surface area contributed by atoms with Crippen molar-refractivity contribution in [3.63, 3.8) is 0 Å². The fraction of sp³-hybridized carbons (Fsp3) is 0.125. The summed E-state index contributed by atoms with van der Waals surface area (Å²) in [4.78, 5) is 102. The molecule has 0 saturated heterocycles. The highest BCUT2D eigenvalue weighted by Crippen LogP contribution is 2.28. The largest absolute Gasteiger partial charge is 0.457 e.